The number of aliphatic imine (C=N–C) groups is 1. The molecule has 41 heavy (non-hydrogen) atoms. The molecule has 0 bridgehead atoms. The van der Waals surface area contributed by atoms with E-state index in [2.05, 4.69) is 53.3 Å². The van der Waals surface area contributed by atoms with Crippen LogP contribution in [0.5, 0.6) is 0 Å². The van der Waals surface area contributed by atoms with E-state index in [4.69, 9.17) is 4.99 Å². The van der Waals surface area contributed by atoms with Gasteiger partial charge in [0.15, 0.2) is 0 Å². The second-order valence-electron chi connectivity index (χ2n) is 10.2. The molecule has 0 spiro atoms. The molecule has 5 rings (SSSR count). The van der Waals surface area contributed by atoms with Gasteiger partial charge < -0.3 is 0 Å². The summed E-state index contributed by atoms with van der Waals surface area (Å²) in [5.41, 5.74) is 5.87. The third-order valence-corrected chi connectivity index (χ3v) is 8.81. The summed E-state index contributed by atoms with van der Waals surface area (Å²) in [5, 5.41) is 0. The van der Waals surface area contributed by atoms with E-state index >= 15 is 0 Å². The van der Waals surface area contributed by atoms with E-state index in [9.17, 15) is 8.42 Å². The quantitative estimate of drug-likeness (QED) is 0.178. The Labute approximate surface area is 243 Å². The van der Waals surface area contributed by atoms with Crippen molar-refractivity contribution in [2.24, 2.45) is 4.99 Å². The second kappa shape index (κ2) is 12.9. The van der Waals surface area contributed by atoms with Gasteiger partial charge in [0.1, 0.15) is 0 Å². The lowest BCUT2D eigenvalue weighted by atomic mass is 9.82. The molecule has 0 saturated carbocycles. The number of hydrogen-bond acceptors (Lipinski definition) is 3. The van der Waals surface area contributed by atoms with Crippen molar-refractivity contribution in [1.29, 1.82) is 0 Å². The molecular formula is C36H34N2O2S. The fraction of sp³-hybridized carbons (Fsp3) is 0.139. The molecule has 1 unspecified atom stereocenters. The fourth-order valence-electron chi connectivity index (χ4n) is 5.18. The summed E-state index contributed by atoms with van der Waals surface area (Å²) in [7, 11) is -3.78. The molecule has 5 heteroatoms. The van der Waals surface area contributed by atoms with Crippen molar-refractivity contribution in [2.75, 3.05) is 0 Å². The van der Waals surface area contributed by atoms with Crippen LogP contribution in [0.1, 0.15) is 46.7 Å². The van der Waals surface area contributed by atoms with Gasteiger partial charge in [-0.25, -0.2) is 13.1 Å². The highest BCUT2D eigenvalue weighted by Crippen LogP contribution is 2.38. The Hall–Kier alpha value is -4.32. The first-order chi connectivity index (χ1) is 19.9. The lowest BCUT2D eigenvalue weighted by Gasteiger charge is -2.32. The second-order valence-corrected chi connectivity index (χ2v) is 11.9. The molecule has 5 aromatic rings. The van der Waals surface area contributed by atoms with E-state index in [1.54, 1.807) is 12.1 Å². The molecular weight excluding hydrogens is 524 g/mol. The first kappa shape index (κ1) is 28.2. The van der Waals surface area contributed by atoms with Gasteiger partial charge in [0.25, 0.3) is 0 Å². The van der Waals surface area contributed by atoms with E-state index in [-0.39, 0.29) is 16.9 Å². The molecule has 5 aromatic carbocycles. The summed E-state index contributed by atoms with van der Waals surface area (Å²) in [6, 6.07) is 46.6. The van der Waals surface area contributed by atoms with Gasteiger partial charge in [-0.3, -0.25) is 4.99 Å². The average molecular weight is 559 g/mol. The first-order valence-corrected chi connectivity index (χ1v) is 15.3. The maximum Gasteiger partial charge on any atom is 0.240 e. The highest BCUT2D eigenvalue weighted by Gasteiger charge is 2.33. The number of benzene rings is 5. The van der Waals surface area contributed by atoms with Crippen LogP contribution in [0.4, 0.5) is 0 Å². The summed E-state index contributed by atoms with van der Waals surface area (Å²) < 4.78 is 30.1. The third-order valence-electron chi connectivity index (χ3n) is 7.24. The highest BCUT2D eigenvalue weighted by atomic mass is 32.2. The van der Waals surface area contributed by atoms with E-state index in [0.29, 0.717) is 0 Å². The van der Waals surface area contributed by atoms with Crippen LogP contribution in [-0.2, 0) is 10.0 Å². The summed E-state index contributed by atoms with van der Waals surface area (Å²) in [5.74, 6) is -0.304. The van der Waals surface area contributed by atoms with Crippen molar-refractivity contribution in [1.82, 2.24) is 4.72 Å². The Bertz CT molecular complexity index is 1630. The maximum atomic E-state index is 13.6. The summed E-state index contributed by atoms with van der Waals surface area (Å²) >= 11 is 0. The molecule has 0 aliphatic carbocycles. The number of nitrogens with zero attached hydrogens (tertiary/aromatic N) is 1. The molecule has 3 atom stereocenters. The van der Waals surface area contributed by atoms with Crippen LogP contribution in [0.15, 0.2) is 155 Å². The van der Waals surface area contributed by atoms with Crippen LogP contribution >= 0.6 is 0 Å². The molecule has 0 amide bonds. The zero-order valence-electron chi connectivity index (χ0n) is 23.3. The summed E-state index contributed by atoms with van der Waals surface area (Å²) in [6.45, 7) is 3.87. The van der Waals surface area contributed by atoms with Crippen molar-refractivity contribution in [3.8, 4) is 0 Å². The number of nitrogens with one attached hydrogen (secondary N) is 1. The minimum absolute atomic E-state index is 0.246. The van der Waals surface area contributed by atoms with Crippen LogP contribution in [0.3, 0.4) is 0 Å². The lowest BCUT2D eigenvalue weighted by molar-refractivity contribution is 0.448. The largest absolute Gasteiger partial charge is 0.275 e. The smallest absolute Gasteiger partial charge is 0.240 e. The Kier molecular flexibility index (Phi) is 8.88. The van der Waals surface area contributed by atoms with Crippen molar-refractivity contribution >= 4 is 15.7 Å². The number of aryl methyl sites for hydroxylation is 1. The molecule has 0 fully saturated rings. The molecule has 0 aliphatic heterocycles. The molecule has 0 radical (unpaired) electrons. The van der Waals surface area contributed by atoms with E-state index < -0.39 is 16.1 Å². The first-order valence-electron chi connectivity index (χ1n) is 13.8. The maximum absolute atomic E-state index is 13.6. The zero-order valence-corrected chi connectivity index (χ0v) is 24.1. The molecule has 0 aliphatic rings. The summed E-state index contributed by atoms with van der Waals surface area (Å²) in [6.07, 6.45) is 0. The van der Waals surface area contributed by atoms with E-state index in [1.807, 2.05) is 98.8 Å². The van der Waals surface area contributed by atoms with E-state index in [1.165, 1.54) is 0 Å². The minimum Gasteiger partial charge on any atom is -0.275 e. The molecule has 0 saturated heterocycles. The van der Waals surface area contributed by atoms with Gasteiger partial charge in [0.05, 0.1) is 16.6 Å². The third kappa shape index (κ3) is 6.88. The molecule has 4 nitrogen and oxygen atoms in total. The van der Waals surface area contributed by atoms with Gasteiger partial charge in [-0.15, -0.1) is 0 Å². The Morgan fingerprint density at radius 2 is 1.05 bits per heavy atom. The zero-order chi connectivity index (χ0) is 28.7. The van der Waals surface area contributed by atoms with Crippen LogP contribution < -0.4 is 4.72 Å². The van der Waals surface area contributed by atoms with Gasteiger partial charge in [-0.2, -0.15) is 0 Å². The Morgan fingerprint density at radius 1 is 0.610 bits per heavy atom. The van der Waals surface area contributed by atoms with Crippen molar-refractivity contribution < 1.29 is 8.42 Å². The average Bonchev–Trinajstić information content (AvgIpc) is 3.01. The topological polar surface area (TPSA) is 58.5 Å². The Balaban J connectivity index is 1.67. The van der Waals surface area contributed by atoms with Gasteiger partial charge in [0.2, 0.25) is 10.0 Å². The van der Waals surface area contributed by atoms with Crippen LogP contribution in [-0.4, -0.2) is 20.2 Å². The van der Waals surface area contributed by atoms with Gasteiger partial charge >= 0.3 is 0 Å². The fourth-order valence-corrected chi connectivity index (χ4v) is 6.45. The summed E-state index contributed by atoms with van der Waals surface area (Å²) in [4.78, 5) is 5.73. The van der Waals surface area contributed by atoms with Crippen molar-refractivity contribution in [2.45, 2.75) is 36.7 Å². The molecule has 1 N–H and O–H groups in total. The number of rotatable bonds is 10. The van der Waals surface area contributed by atoms with Crippen LogP contribution in [0.25, 0.3) is 0 Å². The standard InChI is InChI=1S/C36H34N2O2S/c1-27-23-25-33(26-24-27)41(39,40)38-28(2)34(29-15-7-3-8-16-29)36(32-21-13-6-14-22-32)37-35(30-17-9-4-10-18-30)31-19-11-5-12-20-31/h3-26,28,34,36,38H,1-2H3/t28?,34-,36-/m1/s1. The van der Waals surface area contributed by atoms with Crippen molar-refractivity contribution in [3.63, 3.8) is 0 Å². The van der Waals surface area contributed by atoms with Crippen LogP contribution in [0, 0.1) is 6.92 Å². The van der Waals surface area contributed by atoms with Gasteiger partial charge in [-0.05, 0) is 37.1 Å². The van der Waals surface area contributed by atoms with Gasteiger partial charge in [0, 0.05) is 23.1 Å². The molecule has 0 aromatic heterocycles. The van der Waals surface area contributed by atoms with Gasteiger partial charge in [-0.1, -0.05) is 139 Å². The normalized spacial score (nSPS) is 13.6. The van der Waals surface area contributed by atoms with Crippen LogP contribution in [0.2, 0.25) is 0 Å². The highest BCUT2D eigenvalue weighted by molar-refractivity contribution is 7.89. The van der Waals surface area contributed by atoms with E-state index in [0.717, 1.165) is 33.5 Å². The predicted octanol–water partition coefficient (Wildman–Crippen LogP) is 7.72. The monoisotopic (exact) mass is 558 g/mol. The number of hydrogen-bond donors (Lipinski definition) is 1. The SMILES string of the molecule is Cc1ccc(S(=O)(=O)NC(C)[C@H](c2ccccc2)[C@H](N=C(c2ccccc2)c2ccccc2)c2ccccc2)cc1. The minimum atomic E-state index is -3.78. The lowest BCUT2D eigenvalue weighted by Crippen LogP contribution is -2.39. The molecule has 206 valence electrons. The molecule has 0 heterocycles. The van der Waals surface area contributed by atoms with Crippen molar-refractivity contribution in [3.05, 3.63) is 173 Å². The number of sulfonamides is 1. The Morgan fingerprint density at radius 3 is 1.54 bits per heavy atom. The predicted molar refractivity (Wildman–Crippen MR) is 168 cm³/mol.